The number of halogens is 1. The van der Waals surface area contributed by atoms with E-state index in [-0.39, 0.29) is 0 Å². The van der Waals surface area contributed by atoms with Gasteiger partial charge in [0.1, 0.15) is 11.0 Å². The summed E-state index contributed by atoms with van der Waals surface area (Å²) in [6.07, 6.45) is 3.45. The molecule has 1 fully saturated rings. The van der Waals surface area contributed by atoms with E-state index in [0.29, 0.717) is 11.2 Å². The van der Waals surface area contributed by atoms with Crippen LogP contribution in [0, 0.1) is 0 Å². The molecule has 5 heteroatoms. The first-order valence-electron chi connectivity index (χ1n) is 6.52. The maximum Gasteiger partial charge on any atom is 0.161 e. The van der Waals surface area contributed by atoms with Gasteiger partial charge in [-0.1, -0.05) is 24.6 Å². The molecule has 1 aliphatic heterocycles. The summed E-state index contributed by atoms with van der Waals surface area (Å²) >= 11 is 6.23. The fourth-order valence-electron chi connectivity index (χ4n) is 2.84. The Kier molecular flexibility index (Phi) is 3.22. The first-order valence-corrected chi connectivity index (χ1v) is 6.90. The quantitative estimate of drug-likeness (QED) is 0.799. The number of nitrogens with zero attached hydrogens (tertiary/aromatic N) is 4. The molecule has 0 aromatic carbocycles. The average molecular weight is 265 g/mol. The largest absolute Gasteiger partial charge is 0.300 e. The third-order valence-electron chi connectivity index (χ3n) is 3.77. The summed E-state index contributed by atoms with van der Waals surface area (Å²) < 4.78 is 1.95. The zero-order chi connectivity index (χ0) is 12.5. The van der Waals surface area contributed by atoms with Crippen LogP contribution >= 0.6 is 11.6 Å². The standard InChI is InChI=1S/C13H17ClN4/c1-2-17-8-4-5-10(17)9-13-16-15-12-7-3-6-11(14)18(12)13/h3,6-7,10H,2,4-5,8-9H2,1H3. The Balaban J connectivity index is 1.91. The van der Waals surface area contributed by atoms with E-state index in [2.05, 4.69) is 22.0 Å². The number of aromatic nitrogens is 3. The van der Waals surface area contributed by atoms with Crippen LogP contribution < -0.4 is 0 Å². The van der Waals surface area contributed by atoms with E-state index in [4.69, 9.17) is 11.6 Å². The van der Waals surface area contributed by atoms with Gasteiger partial charge >= 0.3 is 0 Å². The summed E-state index contributed by atoms with van der Waals surface area (Å²) in [4.78, 5) is 2.51. The third-order valence-corrected chi connectivity index (χ3v) is 4.07. The van der Waals surface area contributed by atoms with E-state index < -0.39 is 0 Å². The second-order valence-electron chi connectivity index (χ2n) is 4.79. The number of hydrogen-bond donors (Lipinski definition) is 0. The molecule has 2 aromatic heterocycles. The van der Waals surface area contributed by atoms with Gasteiger partial charge in [0.15, 0.2) is 5.65 Å². The molecular formula is C13H17ClN4. The van der Waals surface area contributed by atoms with Gasteiger partial charge in [0, 0.05) is 12.5 Å². The molecule has 1 unspecified atom stereocenters. The van der Waals surface area contributed by atoms with E-state index in [1.165, 1.54) is 19.4 Å². The van der Waals surface area contributed by atoms with Crippen LogP contribution in [0.1, 0.15) is 25.6 Å². The predicted molar refractivity (Wildman–Crippen MR) is 72.0 cm³/mol. The molecule has 0 aliphatic carbocycles. The second kappa shape index (κ2) is 4.86. The van der Waals surface area contributed by atoms with Crippen LogP contribution in [0.2, 0.25) is 5.15 Å². The topological polar surface area (TPSA) is 33.4 Å². The minimum Gasteiger partial charge on any atom is -0.300 e. The zero-order valence-corrected chi connectivity index (χ0v) is 11.3. The molecule has 1 atom stereocenters. The number of pyridine rings is 1. The number of likely N-dealkylation sites (tertiary alicyclic amines) is 1. The highest BCUT2D eigenvalue weighted by atomic mass is 35.5. The molecule has 0 radical (unpaired) electrons. The zero-order valence-electron chi connectivity index (χ0n) is 10.5. The molecule has 96 valence electrons. The molecule has 4 nitrogen and oxygen atoms in total. The van der Waals surface area contributed by atoms with Gasteiger partial charge in [-0.2, -0.15) is 0 Å². The average Bonchev–Trinajstić information content (AvgIpc) is 2.97. The summed E-state index contributed by atoms with van der Waals surface area (Å²) in [6, 6.07) is 6.31. The Labute approximate surface area is 112 Å². The van der Waals surface area contributed by atoms with Crippen molar-refractivity contribution in [3.8, 4) is 0 Å². The van der Waals surface area contributed by atoms with Gasteiger partial charge in [-0.3, -0.25) is 4.40 Å². The lowest BCUT2D eigenvalue weighted by Gasteiger charge is -2.21. The molecule has 18 heavy (non-hydrogen) atoms. The Bertz CT molecular complexity index is 551. The molecule has 2 aromatic rings. The smallest absolute Gasteiger partial charge is 0.161 e. The Morgan fingerprint density at radius 1 is 1.39 bits per heavy atom. The van der Waals surface area contributed by atoms with Crippen molar-refractivity contribution in [2.75, 3.05) is 13.1 Å². The normalized spacial score (nSPS) is 20.9. The van der Waals surface area contributed by atoms with E-state index in [1.54, 1.807) is 0 Å². The van der Waals surface area contributed by atoms with Crippen LogP contribution in [0.15, 0.2) is 18.2 Å². The van der Waals surface area contributed by atoms with Crippen LogP contribution in [0.4, 0.5) is 0 Å². The minimum atomic E-state index is 0.582. The van der Waals surface area contributed by atoms with E-state index in [9.17, 15) is 0 Å². The van der Waals surface area contributed by atoms with Crippen molar-refractivity contribution in [1.82, 2.24) is 19.5 Å². The van der Waals surface area contributed by atoms with Crippen molar-refractivity contribution in [2.45, 2.75) is 32.2 Å². The minimum absolute atomic E-state index is 0.582. The molecule has 0 amide bonds. The number of fused-ring (bicyclic) bond motifs is 1. The predicted octanol–water partition coefficient (Wildman–Crippen LogP) is 2.41. The highest BCUT2D eigenvalue weighted by Crippen LogP contribution is 2.21. The van der Waals surface area contributed by atoms with Crippen LogP contribution in [-0.2, 0) is 6.42 Å². The molecule has 3 heterocycles. The van der Waals surface area contributed by atoms with Gasteiger partial charge < -0.3 is 4.90 Å². The molecule has 1 aliphatic rings. The summed E-state index contributed by atoms with van der Waals surface area (Å²) in [7, 11) is 0. The monoisotopic (exact) mass is 264 g/mol. The lowest BCUT2D eigenvalue weighted by Crippen LogP contribution is -2.31. The lowest BCUT2D eigenvalue weighted by molar-refractivity contribution is 0.263. The highest BCUT2D eigenvalue weighted by Gasteiger charge is 2.25. The fraction of sp³-hybridized carbons (Fsp3) is 0.538. The Hall–Kier alpha value is -1.13. The summed E-state index contributed by atoms with van der Waals surface area (Å²) in [5.41, 5.74) is 0.832. The summed E-state index contributed by atoms with van der Waals surface area (Å²) in [5, 5.41) is 9.16. The first-order chi connectivity index (χ1) is 8.79. The van der Waals surface area contributed by atoms with Gasteiger partial charge in [0.05, 0.1) is 0 Å². The summed E-state index contributed by atoms with van der Waals surface area (Å²) in [6.45, 7) is 4.52. The van der Waals surface area contributed by atoms with Gasteiger partial charge in [0.2, 0.25) is 0 Å². The van der Waals surface area contributed by atoms with Crippen LogP contribution in [0.25, 0.3) is 5.65 Å². The van der Waals surface area contributed by atoms with E-state index in [1.807, 2.05) is 22.6 Å². The molecule has 1 saturated heterocycles. The van der Waals surface area contributed by atoms with Crippen LogP contribution in [0.3, 0.4) is 0 Å². The van der Waals surface area contributed by atoms with Crippen molar-refractivity contribution in [2.24, 2.45) is 0 Å². The fourth-order valence-corrected chi connectivity index (χ4v) is 3.10. The molecule has 0 N–H and O–H groups in total. The van der Waals surface area contributed by atoms with Gasteiger partial charge in [-0.05, 0) is 38.1 Å². The number of rotatable bonds is 3. The van der Waals surface area contributed by atoms with Crippen molar-refractivity contribution in [3.05, 3.63) is 29.2 Å². The van der Waals surface area contributed by atoms with E-state index in [0.717, 1.165) is 24.4 Å². The van der Waals surface area contributed by atoms with E-state index >= 15 is 0 Å². The second-order valence-corrected chi connectivity index (χ2v) is 5.17. The highest BCUT2D eigenvalue weighted by molar-refractivity contribution is 6.29. The van der Waals surface area contributed by atoms with Crippen LogP contribution in [0.5, 0.6) is 0 Å². The van der Waals surface area contributed by atoms with Crippen molar-refractivity contribution in [1.29, 1.82) is 0 Å². The van der Waals surface area contributed by atoms with Crippen LogP contribution in [-0.4, -0.2) is 38.6 Å². The molecule has 0 saturated carbocycles. The SMILES string of the molecule is CCN1CCCC1Cc1nnc2cccc(Cl)n12. The Morgan fingerprint density at radius 3 is 3.11 bits per heavy atom. The van der Waals surface area contributed by atoms with Crippen molar-refractivity contribution < 1.29 is 0 Å². The maximum absolute atomic E-state index is 6.23. The van der Waals surface area contributed by atoms with Crippen molar-refractivity contribution in [3.63, 3.8) is 0 Å². The van der Waals surface area contributed by atoms with Gasteiger partial charge in [-0.25, -0.2) is 0 Å². The third kappa shape index (κ3) is 1.99. The molecular weight excluding hydrogens is 248 g/mol. The maximum atomic E-state index is 6.23. The summed E-state index contributed by atoms with van der Waals surface area (Å²) in [5.74, 6) is 0.973. The first kappa shape index (κ1) is 11.9. The van der Waals surface area contributed by atoms with Gasteiger partial charge in [0.25, 0.3) is 0 Å². The van der Waals surface area contributed by atoms with Crippen molar-refractivity contribution >= 4 is 17.2 Å². The number of hydrogen-bond acceptors (Lipinski definition) is 3. The number of likely N-dealkylation sites (N-methyl/N-ethyl adjacent to an activating group) is 1. The lowest BCUT2D eigenvalue weighted by atomic mass is 10.1. The Morgan fingerprint density at radius 2 is 2.28 bits per heavy atom. The molecule has 0 spiro atoms. The molecule has 3 rings (SSSR count). The molecule has 0 bridgehead atoms. The van der Waals surface area contributed by atoms with Gasteiger partial charge in [-0.15, -0.1) is 10.2 Å².